The van der Waals surface area contributed by atoms with Crippen molar-refractivity contribution >= 4 is 16.9 Å². The zero-order valence-electron chi connectivity index (χ0n) is 29.3. The van der Waals surface area contributed by atoms with Gasteiger partial charge in [0.2, 0.25) is 17.5 Å². The molecule has 52 heavy (non-hydrogen) atoms. The van der Waals surface area contributed by atoms with E-state index in [0.717, 1.165) is 38.2 Å². The topological polar surface area (TPSA) is 176 Å². The Morgan fingerprint density at radius 3 is 2.08 bits per heavy atom. The number of benzene rings is 2. The number of aliphatic hydroxyl groups is 3. The third-order valence-electron chi connectivity index (χ3n) is 8.21. The molecule has 0 bridgehead atoms. The molecule has 1 aromatic heterocycles. The van der Waals surface area contributed by atoms with Gasteiger partial charge in [0, 0.05) is 12.0 Å². The van der Waals surface area contributed by atoms with Gasteiger partial charge in [0.15, 0.2) is 17.3 Å². The second-order valence-electron chi connectivity index (χ2n) is 12.2. The molecule has 0 radical (unpaired) electrons. The summed E-state index contributed by atoms with van der Waals surface area (Å²) in [6.07, 6.45) is 18.9. The van der Waals surface area contributed by atoms with Crippen LogP contribution in [0.2, 0.25) is 0 Å². The molecule has 1 aliphatic heterocycles. The number of carbonyl (C=O) groups excluding carboxylic acids is 1. The number of aromatic hydroxyl groups is 2. The molecule has 1 fully saturated rings. The van der Waals surface area contributed by atoms with Gasteiger partial charge in [0.05, 0.1) is 5.39 Å². The van der Waals surface area contributed by atoms with E-state index in [1.54, 1.807) is 18.2 Å². The first-order valence-corrected chi connectivity index (χ1v) is 17.6. The van der Waals surface area contributed by atoms with Crippen molar-refractivity contribution in [3.63, 3.8) is 0 Å². The van der Waals surface area contributed by atoms with Crippen molar-refractivity contribution in [1.82, 2.24) is 0 Å². The number of ether oxygens (including phenoxy) is 3. The van der Waals surface area contributed by atoms with Crippen molar-refractivity contribution in [1.29, 1.82) is 0 Å². The van der Waals surface area contributed by atoms with Gasteiger partial charge in [-0.05, 0) is 75.3 Å². The molecule has 278 valence electrons. The number of allylic oxidation sites excluding steroid dienone is 10. The van der Waals surface area contributed by atoms with E-state index in [0.29, 0.717) is 12.8 Å². The second kappa shape index (κ2) is 20.8. The van der Waals surface area contributed by atoms with Gasteiger partial charge in [-0.2, -0.15) is 0 Å². The average molecular weight is 717 g/mol. The third-order valence-corrected chi connectivity index (χ3v) is 8.21. The number of unbranched alkanes of at least 4 members (excludes halogenated alkanes) is 1. The molecule has 1 aliphatic rings. The van der Waals surface area contributed by atoms with Crippen LogP contribution in [0.5, 0.6) is 17.2 Å². The molecule has 5 N–H and O–H groups in total. The number of esters is 1. The Hall–Kier alpha value is -4.94. The minimum Gasteiger partial charge on any atom is -0.504 e. The van der Waals surface area contributed by atoms with Crippen LogP contribution in [0.4, 0.5) is 0 Å². The highest BCUT2D eigenvalue weighted by Crippen LogP contribution is 2.37. The lowest BCUT2D eigenvalue weighted by atomic mass is 9.99. The van der Waals surface area contributed by atoms with Gasteiger partial charge < -0.3 is 44.2 Å². The number of hydrogen-bond acceptors (Lipinski definition) is 11. The summed E-state index contributed by atoms with van der Waals surface area (Å²) in [7, 11) is 0. The van der Waals surface area contributed by atoms with Gasteiger partial charge in [-0.3, -0.25) is 9.59 Å². The Labute approximate surface area is 303 Å². The lowest BCUT2D eigenvalue weighted by Crippen LogP contribution is -2.60. The molecule has 5 unspecified atom stereocenters. The molecule has 1 saturated heterocycles. The molecule has 2 heterocycles. The van der Waals surface area contributed by atoms with Crippen molar-refractivity contribution < 1.29 is 49.0 Å². The summed E-state index contributed by atoms with van der Waals surface area (Å²) < 4.78 is 22.8. The monoisotopic (exact) mass is 716 g/mol. The van der Waals surface area contributed by atoms with Gasteiger partial charge in [-0.15, -0.1) is 0 Å². The molecule has 0 spiro atoms. The Kier molecular flexibility index (Phi) is 15.9. The summed E-state index contributed by atoms with van der Waals surface area (Å²) in [6, 6.07) is 10.1. The first-order chi connectivity index (χ1) is 25.2. The van der Waals surface area contributed by atoms with Crippen LogP contribution in [0, 0.1) is 0 Å². The predicted octanol–water partition coefficient (Wildman–Crippen LogP) is 6.52. The standard InChI is InChI=1S/C41H48O11/c1-2-3-4-5-6-7-8-9-10-11-12-13-14-15-16-17-18-23-34(44)49-27-33-36(46)37(47)38(48)41(51-33)52-40-35(45)29-21-19-20-22-32(29)50-39(40)28-24-25-30(42)31(43)26-28/h3-4,6-7,9-10,12-13,15-16,19-22,24-26,33,36-38,41-43,46-48H,2,5,8,11,14,17-18,23,27H2,1H3. The maximum absolute atomic E-state index is 13.6. The SMILES string of the molecule is CCC=CCC=CCC=CCC=CCC=CCCCC(=O)OCC1OC(Oc2c(-c3ccc(O)c(O)c3)oc3ccccc3c2=O)C(O)C(O)C1O. The van der Waals surface area contributed by atoms with Crippen molar-refractivity contribution in [2.24, 2.45) is 0 Å². The van der Waals surface area contributed by atoms with Gasteiger partial charge in [-0.1, -0.05) is 79.8 Å². The number of aliphatic hydroxyl groups excluding tert-OH is 3. The van der Waals surface area contributed by atoms with E-state index in [9.17, 15) is 35.1 Å². The Morgan fingerprint density at radius 2 is 1.42 bits per heavy atom. The molecule has 5 atom stereocenters. The smallest absolute Gasteiger partial charge is 0.305 e. The number of carbonyl (C=O) groups is 1. The molecule has 4 rings (SSSR count). The fourth-order valence-electron chi connectivity index (χ4n) is 5.33. The van der Waals surface area contributed by atoms with Crippen LogP contribution in [0.1, 0.15) is 58.3 Å². The molecule has 2 aromatic carbocycles. The van der Waals surface area contributed by atoms with Crippen LogP contribution in [-0.4, -0.2) is 68.8 Å². The molecule has 0 aliphatic carbocycles. The quantitative estimate of drug-likeness (QED) is 0.0419. The van der Waals surface area contributed by atoms with Crippen molar-refractivity contribution in [2.45, 2.75) is 89.0 Å². The Bertz CT molecular complexity index is 1800. The van der Waals surface area contributed by atoms with Gasteiger partial charge in [0.1, 0.15) is 36.6 Å². The maximum Gasteiger partial charge on any atom is 0.305 e. The number of fused-ring (bicyclic) bond motifs is 1. The van der Waals surface area contributed by atoms with Crippen LogP contribution in [0.15, 0.2) is 112 Å². The maximum atomic E-state index is 13.6. The van der Waals surface area contributed by atoms with Crippen LogP contribution >= 0.6 is 0 Å². The van der Waals surface area contributed by atoms with Crippen molar-refractivity contribution in [3.05, 3.63) is 113 Å². The predicted molar refractivity (Wildman–Crippen MR) is 198 cm³/mol. The van der Waals surface area contributed by atoms with Crippen molar-refractivity contribution in [2.75, 3.05) is 6.61 Å². The third kappa shape index (κ3) is 11.5. The van der Waals surface area contributed by atoms with Crippen LogP contribution in [0.3, 0.4) is 0 Å². The summed E-state index contributed by atoms with van der Waals surface area (Å²) in [5, 5.41) is 51.9. The molecular weight excluding hydrogens is 668 g/mol. The number of phenolic OH excluding ortho intramolecular Hbond substituents is 2. The highest BCUT2D eigenvalue weighted by atomic mass is 16.7. The van der Waals surface area contributed by atoms with E-state index in [1.165, 1.54) is 18.2 Å². The van der Waals surface area contributed by atoms with E-state index in [4.69, 9.17) is 18.6 Å². The number of para-hydroxylation sites is 1. The normalized spacial score (nSPS) is 21.0. The minimum absolute atomic E-state index is 0.114. The molecule has 11 nitrogen and oxygen atoms in total. The minimum atomic E-state index is -1.81. The van der Waals surface area contributed by atoms with Gasteiger partial charge in [-0.25, -0.2) is 0 Å². The first kappa shape index (κ1) is 39.8. The molecular formula is C41H48O11. The summed E-state index contributed by atoms with van der Waals surface area (Å²) in [5.41, 5.74) is -0.278. The van der Waals surface area contributed by atoms with Crippen LogP contribution in [-0.2, 0) is 14.3 Å². The zero-order valence-corrected chi connectivity index (χ0v) is 29.3. The molecule has 3 aromatic rings. The molecule has 11 heteroatoms. The largest absolute Gasteiger partial charge is 0.504 e. The summed E-state index contributed by atoms with van der Waals surface area (Å²) in [6.45, 7) is 1.67. The highest BCUT2D eigenvalue weighted by molar-refractivity contribution is 5.82. The Balaban J connectivity index is 1.26. The highest BCUT2D eigenvalue weighted by Gasteiger charge is 2.46. The number of hydrogen-bond donors (Lipinski definition) is 5. The summed E-state index contributed by atoms with van der Waals surface area (Å²) in [5.74, 6) is -1.98. The lowest BCUT2D eigenvalue weighted by molar-refractivity contribution is -0.278. The van der Waals surface area contributed by atoms with Crippen LogP contribution in [0.25, 0.3) is 22.3 Å². The van der Waals surface area contributed by atoms with E-state index >= 15 is 0 Å². The summed E-state index contributed by atoms with van der Waals surface area (Å²) in [4.78, 5) is 26.0. The average Bonchev–Trinajstić information content (AvgIpc) is 3.14. The van der Waals surface area contributed by atoms with E-state index in [2.05, 4.69) is 55.5 Å². The van der Waals surface area contributed by atoms with E-state index in [-0.39, 0.29) is 28.7 Å². The fourth-order valence-corrected chi connectivity index (χ4v) is 5.33. The fraction of sp³-hybridized carbons (Fsp3) is 0.366. The van der Waals surface area contributed by atoms with E-state index in [1.807, 2.05) is 12.2 Å². The second-order valence-corrected chi connectivity index (χ2v) is 12.2. The van der Waals surface area contributed by atoms with Crippen molar-refractivity contribution in [3.8, 4) is 28.6 Å². The zero-order chi connectivity index (χ0) is 37.3. The first-order valence-electron chi connectivity index (χ1n) is 17.6. The van der Waals surface area contributed by atoms with Gasteiger partial charge in [0.25, 0.3) is 0 Å². The van der Waals surface area contributed by atoms with Gasteiger partial charge >= 0.3 is 5.97 Å². The van der Waals surface area contributed by atoms with Crippen LogP contribution < -0.4 is 10.2 Å². The molecule has 0 amide bonds. The Morgan fingerprint density at radius 1 is 0.788 bits per heavy atom. The van der Waals surface area contributed by atoms with E-state index < -0.39 is 66.0 Å². The number of rotatable bonds is 18. The lowest BCUT2D eigenvalue weighted by Gasteiger charge is -2.39. The molecule has 0 saturated carbocycles. The summed E-state index contributed by atoms with van der Waals surface area (Å²) >= 11 is 0. The number of phenols is 2.